The highest BCUT2D eigenvalue weighted by Crippen LogP contribution is 2.28. The second-order valence-corrected chi connectivity index (χ2v) is 7.72. The molecule has 1 amide bonds. The fourth-order valence-electron chi connectivity index (χ4n) is 1.28. The molecule has 1 aromatic carbocycles. The number of nitrogens with one attached hydrogen (secondary N) is 1. The minimum absolute atomic E-state index is 0.176. The van der Waals surface area contributed by atoms with Gasteiger partial charge in [-0.2, -0.15) is 0 Å². The number of carbonyl (C=O) groups excluding carboxylic acids is 1. The zero-order chi connectivity index (χ0) is 13.8. The van der Waals surface area contributed by atoms with Gasteiger partial charge in [-0.3, -0.25) is 10.1 Å². The van der Waals surface area contributed by atoms with Crippen LogP contribution in [0.1, 0.15) is 24.2 Å². The van der Waals surface area contributed by atoms with E-state index >= 15 is 0 Å². The minimum Gasteiger partial charge on any atom is -0.296 e. The largest absolute Gasteiger partial charge is 0.296 e. The Balaban J connectivity index is 2.02. The number of anilines is 1. The molecule has 0 saturated heterocycles. The molecule has 0 aliphatic carbocycles. The molecule has 0 bridgehead atoms. The number of hydrogen-bond donors (Lipinski definition) is 1. The molecule has 19 heavy (non-hydrogen) atoms. The quantitative estimate of drug-likeness (QED) is 0.662. The summed E-state index contributed by atoms with van der Waals surface area (Å²) in [6, 6.07) is 7.17. The fourth-order valence-corrected chi connectivity index (χ4v) is 3.51. The topological polar surface area (TPSA) is 54.9 Å². The van der Waals surface area contributed by atoms with Gasteiger partial charge in [0.05, 0.1) is 0 Å². The molecule has 4 nitrogen and oxygen atoms in total. The van der Waals surface area contributed by atoms with E-state index in [4.69, 9.17) is 0 Å². The van der Waals surface area contributed by atoms with E-state index in [2.05, 4.69) is 45.3 Å². The summed E-state index contributed by atoms with van der Waals surface area (Å²) >= 11 is 6.35. The summed E-state index contributed by atoms with van der Waals surface area (Å²) in [6.07, 6.45) is 0. The van der Waals surface area contributed by atoms with Gasteiger partial charge in [0, 0.05) is 15.3 Å². The van der Waals surface area contributed by atoms with Crippen LogP contribution in [0, 0.1) is 0 Å². The number of hydrogen-bond acceptors (Lipinski definition) is 5. The number of rotatable bonds is 4. The molecule has 7 heteroatoms. The Hall–Kier alpha value is -0.920. The predicted molar refractivity (Wildman–Crippen MR) is 83.0 cm³/mol. The Morgan fingerprint density at radius 2 is 2.00 bits per heavy atom. The first kappa shape index (κ1) is 14.5. The first-order valence-corrected chi connectivity index (χ1v) is 8.10. The Kier molecular flexibility index (Phi) is 4.95. The lowest BCUT2D eigenvalue weighted by Gasteiger charge is -2.01. The molecule has 2 aromatic rings. The van der Waals surface area contributed by atoms with Gasteiger partial charge in [0.1, 0.15) is 0 Å². The third kappa shape index (κ3) is 4.29. The molecule has 1 aromatic heterocycles. The van der Waals surface area contributed by atoms with Crippen molar-refractivity contribution in [3.05, 3.63) is 34.3 Å². The maximum absolute atomic E-state index is 12.0. The monoisotopic (exact) mass is 357 g/mol. The average molecular weight is 358 g/mol. The van der Waals surface area contributed by atoms with E-state index in [0.717, 1.165) is 8.81 Å². The van der Waals surface area contributed by atoms with Crippen LogP contribution >= 0.6 is 39.0 Å². The highest BCUT2D eigenvalue weighted by atomic mass is 79.9. The van der Waals surface area contributed by atoms with E-state index in [9.17, 15) is 4.79 Å². The molecule has 0 aliphatic rings. The van der Waals surface area contributed by atoms with Crippen LogP contribution in [0.15, 0.2) is 33.1 Å². The molecule has 2 rings (SSSR count). The highest BCUT2D eigenvalue weighted by molar-refractivity contribution is 9.10. The Bertz CT molecular complexity index is 569. The van der Waals surface area contributed by atoms with Crippen LogP contribution in [0.4, 0.5) is 5.13 Å². The molecule has 0 fully saturated rings. The van der Waals surface area contributed by atoms with Crippen LogP contribution in [-0.2, 0) is 0 Å². The van der Waals surface area contributed by atoms with Gasteiger partial charge in [0.15, 0.2) is 4.34 Å². The van der Waals surface area contributed by atoms with Gasteiger partial charge >= 0.3 is 0 Å². The minimum atomic E-state index is -0.176. The first-order valence-electron chi connectivity index (χ1n) is 5.61. The molecule has 1 heterocycles. The normalized spacial score (nSPS) is 10.7. The van der Waals surface area contributed by atoms with E-state index in [0.29, 0.717) is 15.9 Å². The molecule has 0 unspecified atom stereocenters. The molecule has 0 radical (unpaired) electrons. The van der Waals surface area contributed by atoms with Crippen molar-refractivity contribution in [1.82, 2.24) is 10.2 Å². The van der Waals surface area contributed by atoms with Gasteiger partial charge < -0.3 is 0 Å². The lowest BCUT2D eigenvalue weighted by atomic mass is 10.2. The van der Waals surface area contributed by atoms with Crippen molar-refractivity contribution in [3.63, 3.8) is 0 Å². The number of thioether (sulfide) groups is 1. The molecule has 1 N–H and O–H groups in total. The number of aromatic nitrogens is 2. The van der Waals surface area contributed by atoms with E-state index in [1.54, 1.807) is 23.9 Å². The molecule has 0 atom stereocenters. The van der Waals surface area contributed by atoms with Crippen molar-refractivity contribution in [3.8, 4) is 0 Å². The van der Waals surface area contributed by atoms with Gasteiger partial charge in [0.2, 0.25) is 5.13 Å². The van der Waals surface area contributed by atoms with Gasteiger partial charge in [0.25, 0.3) is 5.91 Å². The lowest BCUT2D eigenvalue weighted by molar-refractivity contribution is 0.102. The van der Waals surface area contributed by atoms with Crippen LogP contribution < -0.4 is 5.32 Å². The van der Waals surface area contributed by atoms with Gasteiger partial charge in [-0.1, -0.05) is 52.9 Å². The number of benzene rings is 1. The predicted octanol–water partition coefficient (Wildman–Crippen LogP) is 4.05. The van der Waals surface area contributed by atoms with Crippen LogP contribution in [0.25, 0.3) is 0 Å². The smallest absolute Gasteiger partial charge is 0.257 e. The van der Waals surface area contributed by atoms with E-state index in [1.807, 2.05) is 12.1 Å². The zero-order valence-corrected chi connectivity index (χ0v) is 13.6. The number of amides is 1. The van der Waals surface area contributed by atoms with Crippen LogP contribution in [-0.4, -0.2) is 21.4 Å². The van der Waals surface area contributed by atoms with Crippen molar-refractivity contribution in [1.29, 1.82) is 0 Å². The van der Waals surface area contributed by atoms with Crippen molar-refractivity contribution in [2.75, 3.05) is 5.32 Å². The standard InChI is InChI=1S/C12H12BrN3OS2/c1-7(2)18-12-16-15-11(19-12)14-10(17)8-3-5-9(13)6-4-8/h3-7H,1-2H3,(H,14,15,17). The van der Waals surface area contributed by atoms with E-state index < -0.39 is 0 Å². The van der Waals surface area contributed by atoms with Crippen molar-refractivity contribution < 1.29 is 4.79 Å². The summed E-state index contributed by atoms with van der Waals surface area (Å²) in [4.78, 5) is 12.0. The molecular formula is C12H12BrN3OS2. The summed E-state index contributed by atoms with van der Waals surface area (Å²) in [5.74, 6) is -0.176. The summed E-state index contributed by atoms with van der Waals surface area (Å²) in [5.41, 5.74) is 0.594. The summed E-state index contributed by atoms with van der Waals surface area (Å²) in [5, 5.41) is 11.7. The van der Waals surface area contributed by atoms with Crippen molar-refractivity contribution >= 4 is 50.1 Å². The average Bonchev–Trinajstić information content (AvgIpc) is 2.76. The van der Waals surface area contributed by atoms with Crippen molar-refractivity contribution in [2.45, 2.75) is 23.4 Å². The Morgan fingerprint density at radius 1 is 1.32 bits per heavy atom. The molecular weight excluding hydrogens is 346 g/mol. The zero-order valence-electron chi connectivity index (χ0n) is 10.4. The first-order chi connectivity index (χ1) is 9.04. The van der Waals surface area contributed by atoms with Crippen LogP contribution in [0.5, 0.6) is 0 Å². The number of carbonyl (C=O) groups is 1. The molecule has 100 valence electrons. The molecule has 0 spiro atoms. The molecule has 0 aliphatic heterocycles. The Morgan fingerprint density at radius 3 is 2.63 bits per heavy atom. The van der Waals surface area contributed by atoms with Crippen molar-refractivity contribution in [2.24, 2.45) is 0 Å². The summed E-state index contributed by atoms with van der Waals surface area (Å²) < 4.78 is 1.80. The maximum Gasteiger partial charge on any atom is 0.257 e. The number of halogens is 1. The number of nitrogens with zero attached hydrogens (tertiary/aromatic N) is 2. The maximum atomic E-state index is 12.0. The van der Waals surface area contributed by atoms with Gasteiger partial charge in [-0.25, -0.2) is 0 Å². The van der Waals surface area contributed by atoms with E-state index in [-0.39, 0.29) is 5.91 Å². The lowest BCUT2D eigenvalue weighted by Crippen LogP contribution is -2.11. The van der Waals surface area contributed by atoms with Crippen LogP contribution in [0.3, 0.4) is 0 Å². The van der Waals surface area contributed by atoms with Crippen LogP contribution in [0.2, 0.25) is 0 Å². The second-order valence-electron chi connectivity index (χ2n) is 4.00. The summed E-state index contributed by atoms with van der Waals surface area (Å²) in [7, 11) is 0. The second kappa shape index (κ2) is 6.49. The third-order valence-corrected chi connectivity index (χ3v) is 4.53. The highest BCUT2D eigenvalue weighted by Gasteiger charge is 2.11. The summed E-state index contributed by atoms with van der Waals surface area (Å²) in [6.45, 7) is 4.18. The SMILES string of the molecule is CC(C)Sc1nnc(NC(=O)c2ccc(Br)cc2)s1. The van der Waals surface area contributed by atoms with Gasteiger partial charge in [-0.15, -0.1) is 10.2 Å². The Labute approximate surface area is 128 Å². The fraction of sp³-hybridized carbons (Fsp3) is 0.250. The van der Waals surface area contributed by atoms with E-state index in [1.165, 1.54) is 11.3 Å². The van der Waals surface area contributed by atoms with Gasteiger partial charge in [-0.05, 0) is 24.3 Å². The molecule has 0 saturated carbocycles. The third-order valence-electron chi connectivity index (χ3n) is 2.07.